The normalized spacial score (nSPS) is 35.7. The molecule has 0 aromatic heterocycles. The van der Waals surface area contributed by atoms with Gasteiger partial charge in [0.05, 0.1) is 17.4 Å². The van der Waals surface area contributed by atoms with Crippen molar-refractivity contribution in [1.29, 1.82) is 0 Å². The van der Waals surface area contributed by atoms with Crippen molar-refractivity contribution in [3.05, 3.63) is 0 Å². The number of rotatable bonds is 3. The monoisotopic (exact) mass is 221 g/mol. The van der Waals surface area contributed by atoms with Crippen LogP contribution in [0.15, 0.2) is 0 Å². The minimum absolute atomic E-state index is 0.0933. The highest BCUT2D eigenvalue weighted by Gasteiger charge is 2.47. The zero-order chi connectivity index (χ0) is 11.0. The van der Waals surface area contributed by atoms with E-state index in [1.807, 2.05) is 0 Å². The summed E-state index contributed by atoms with van der Waals surface area (Å²) < 4.78 is 22.9. The maximum atomic E-state index is 11.5. The smallest absolute Gasteiger partial charge is 0.303 e. The summed E-state index contributed by atoms with van der Waals surface area (Å²) >= 11 is 0. The van der Waals surface area contributed by atoms with Crippen LogP contribution < -0.4 is 5.73 Å². The molecule has 1 heterocycles. The van der Waals surface area contributed by atoms with Gasteiger partial charge >= 0.3 is 5.97 Å². The first-order valence-corrected chi connectivity index (χ1v) is 6.16. The zero-order valence-electron chi connectivity index (χ0n) is 8.06. The molecule has 0 aliphatic carbocycles. The third-order valence-electron chi connectivity index (χ3n) is 2.80. The molecule has 2 atom stereocenters. The second-order valence-corrected chi connectivity index (χ2v) is 6.52. The molecule has 0 amide bonds. The van der Waals surface area contributed by atoms with E-state index >= 15 is 0 Å². The highest BCUT2D eigenvalue weighted by Crippen LogP contribution is 2.38. The highest BCUT2D eigenvalue weighted by molar-refractivity contribution is 7.92. The summed E-state index contributed by atoms with van der Waals surface area (Å²) in [4.78, 5) is 10.6. The van der Waals surface area contributed by atoms with Crippen LogP contribution in [0.3, 0.4) is 0 Å². The third kappa shape index (κ3) is 2.06. The molecular weight excluding hydrogens is 206 g/mol. The van der Waals surface area contributed by atoms with Gasteiger partial charge < -0.3 is 10.8 Å². The number of hydrogen-bond acceptors (Lipinski definition) is 4. The van der Waals surface area contributed by atoms with Crippen molar-refractivity contribution < 1.29 is 18.3 Å². The van der Waals surface area contributed by atoms with Gasteiger partial charge in [-0.15, -0.1) is 0 Å². The fraction of sp³-hybridized carbons (Fsp3) is 0.875. The Hall–Kier alpha value is -0.620. The molecule has 0 bridgehead atoms. The minimum atomic E-state index is -3.13. The van der Waals surface area contributed by atoms with Crippen LogP contribution in [-0.2, 0) is 14.6 Å². The molecule has 1 aliphatic heterocycles. The largest absolute Gasteiger partial charge is 0.481 e. The Balaban J connectivity index is 2.91. The zero-order valence-corrected chi connectivity index (χ0v) is 8.88. The summed E-state index contributed by atoms with van der Waals surface area (Å²) in [6.07, 6.45) is 0.200. The van der Waals surface area contributed by atoms with E-state index in [9.17, 15) is 13.2 Å². The summed E-state index contributed by atoms with van der Waals surface area (Å²) in [5.74, 6) is -1.08. The van der Waals surface area contributed by atoms with Crippen molar-refractivity contribution in [1.82, 2.24) is 0 Å². The first kappa shape index (κ1) is 11.5. The van der Waals surface area contributed by atoms with Crippen LogP contribution in [0.2, 0.25) is 0 Å². The first-order valence-electron chi connectivity index (χ1n) is 4.45. The van der Waals surface area contributed by atoms with Gasteiger partial charge in [-0.05, 0) is 19.9 Å². The molecule has 5 nitrogen and oxygen atoms in total. The predicted octanol–water partition coefficient (Wildman–Crippen LogP) is -0.387. The van der Waals surface area contributed by atoms with Crippen LogP contribution in [0, 0.1) is 5.41 Å². The number of sulfone groups is 1. The van der Waals surface area contributed by atoms with Crippen LogP contribution in [0.5, 0.6) is 0 Å². The van der Waals surface area contributed by atoms with E-state index in [0.717, 1.165) is 0 Å². The molecule has 0 radical (unpaired) electrons. The maximum Gasteiger partial charge on any atom is 0.303 e. The second kappa shape index (κ2) is 3.51. The van der Waals surface area contributed by atoms with E-state index in [0.29, 0.717) is 6.42 Å². The van der Waals surface area contributed by atoms with Crippen LogP contribution in [-0.4, -0.2) is 37.0 Å². The van der Waals surface area contributed by atoms with Crippen molar-refractivity contribution in [2.45, 2.75) is 25.0 Å². The van der Waals surface area contributed by atoms with Gasteiger partial charge in [-0.2, -0.15) is 0 Å². The summed E-state index contributed by atoms with van der Waals surface area (Å²) in [6, 6.07) is 0. The molecule has 0 saturated carbocycles. The molecule has 0 spiro atoms. The first-order chi connectivity index (χ1) is 6.31. The lowest BCUT2D eigenvalue weighted by Gasteiger charge is -2.23. The van der Waals surface area contributed by atoms with Crippen LogP contribution in [0.1, 0.15) is 19.8 Å². The number of carboxylic acid groups (broad SMARTS) is 1. The molecule has 0 aromatic rings. The Labute approximate surface area is 83.2 Å². The van der Waals surface area contributed by atoms with Crippen molar-refractivity contribution in [3.8, 4) is 0 Å². The highest BCUT2D eigenvalue weighted by atomic mass is 32.2. The van der Waals surface area contributed by atoms with Crippen LogP contribution in [0.25, 0.3) is 0 Å². The quantitative estimate of drug-likeness (QED) is 0.676. The molecule has 1 saturated heterocycles. The van der Waals surface area contributed by atoms with Gasteiger partial charge in [0.1, 0.15) is 0 Å². The van der Waals surface area contributed by atoms with Gasteiger partial charge in [0.2, 0.25) is 0 Å². The molecule has 82 valence electrons. The number of hydrogen-bond donors (Lipinski definition) is 2. The van der Waals surface area contributed by atoms with Gasteiger partial charge in [0.25, 0.3) is 0 Å². The summed E-state index contributed by atoms with van der Waals surface area (Å²) in [6.45, 7) is 1.72. The minimum Gasteiger partial charge on any atom is -0.481 e. The van der Waals surface area contributed by atoms with E-state index in [2.05, 4.69) is 0 Å². The fourth-order valence-corrected chi connectivity index (χ4v) is 4.11. The lowest BCUT2D eigenvalue weighted by atomic mass is 9.82. The number of aliphatic carboxylic acids is 1. The van der Waals surface area contributed by atoms with Gasteiger partial charge in [-0.1, -0.05) is 0 Å². The molecule has 2 unspecified atom stereocenters. The van der Waals surface area contributed by atoms with Gasteiger partial charge in [0.15, 0.2) is 9.84 Å². The summed E-state index contributed by atoms with van der Waals surface area (Å²) in [7, 11) is -3.13. The third-order valence-corrected chi connectivity index (χ3v) is 5.21. The molecule has 1 fully saturated rings. The number of carboxylic acids is 1. The molecule has 0 aromatic carbocycles. The van der Waals surface area contributed by atoms with Gasteiger partial charge in [0, 0.05) is 5.41 Å². The van der Waals surface area contributed by atoms with Crippen molar-refractivity contribution in [2.75, 3.05) is 12.3 Å². The average Bonchev–Trinajstić information content (AvgIpc) is 2.22. The lowest BCUT2D eigenvalue weighted by molar-refractivity contribution is -0.139. The van der Waals surface area contributed by atoms with Crippen molar-refractivity contribution in [3.63, 3.8) is 0 Å². The molecular formula is C8H15NO4S. The van der Waals surface area contributed by atoms with E-state index in [1.54, 1.807) is 6.92 Å². The van der Waals surface area contributed by atoms with E-state index < -0.39 is 26.5 Å². The predicted molar refractivity (Wildman–Crippen MR) is 51.6 cm³/mol. The lowest BCUT2D eigenvalue weighted by Crippen LogP contribution is -2.34. The Kier molecular flexibility index (Phi) is 2.87. The van der Waals surface area contributed by atoms with Gasteiger partial charge in [-0.3, -0.25) is 4.79 Å². The molecule has 14 heavy (non-hydrogen) atoms. The summed E-state index contributed by atoms with van der Waals surface area (Å²) in [5, 5.41) is 8.21. The Morgan fingerprint density at radius 2 is 2.21 bits per heavy atom. The Morgan fingerprint density at radius 3 is 2.50 bits per heavy atom. The topological polar surface area (TPSA) is 97.5 Å². The SMILES string of the molecule is CC1CC(CN)(CC(=O)O)CS1(=O)=O. The Morgan fingerprint density at radius 1 is 1.64 bits per heavy atom. The Bertz CT molecular complexity index is 337. The van der Waals surface area contributed by atoms with Crippen LogP contribution in [0.4, 0.5) is 0 Å². The molecule has 6 heteroatoms. The van der Waals surface area contributed by atoms with Crippen molar-refractivity contribution in [2.24, 2.45) is 11.1 Å². The molecule has 1 rings (SSSR count). The van der Waals surface area contributed by atoms with E-state index in [4.69, 9.17) is 10.8 Å². The molecule has 3 N–H and O–H groups in total. The number of carbonyl (C=O) groups is 1. The number of nitrogens with two attached hydrogens (primary N) is 1. The van der Waals surface area contributed by atoms with E-state index in [1.165, 1.54) is 0 Å². The maximum absolute atomic E-state index is 11.5. The standard InChI is InChI=1S/C8H15NO4S/c1-6-2-8(4-9,3-7(10)11)5-14(6,12)13/h6H,2-5,9H2,1H3,(H,10,11). The summed E-state index contributed by atoms with van der Waals surface area (Å²) in [5.41, 5.74) is 4.73. The fourth-order valence-electron chi connectivity index (χ4n) is 2.02. The van der Waals surface area contributed by atoms with Crippen molar-refractivity contribution >= 4 is 15.8 Å². The van der Waals surface area contributed by atoms with Gasteiger partial charge in [-0.25, -0.2) is 8.42 Å². The average molecular weight is 221 g/mol. The van der Waals surface area contributed by atoms with E-state index in [-0.39, 0.29) is 18.7 Å². The van der Waals surface area contributed by atoms with Crippen LogP contribution >= 0.6 is 0 Å². The molecule has 1 aliphatic rings. The second-order valence-electron chi connectivity index (χ2n) is 4.10.